The fraction of sp³-hybridized carbons (Fsp3) is 0.467. The van der Waals surface area contributed by atoms with Crippen molar-refractivity contribution < 1.29 is 19.1 Å². The van der Waals surface area contributed by atoms with Crippen LogP contribution in [0, 0.1) is 0 Å². The molecule has 1 saturated heterocycles. The van der Waals surface area contributed by atoms with Crippen LogP contribution in [0.25, 0.3) is 0 Å². The Kier molecular flexibility index (Phi) is 5.59. The monoisotopic (exact) mass is 311 g/mol. The lowest BCUT2D eigenvalue weighted by Crippen LogP contribution is -2.37. The lowest BCUT2D eigenvalue weighted by molar-refractivity contribution is -0.163. The third-order valence-corrected chi connectivity index (χ3v) is 3.63. The van der Waals surface area contributed by atoms with E-state index in [1.54, 1.807) is 6.07 Å². The van der Waals surface area contributed by atoms with E-state index in [4.69, 9.17) is 21.1 Å². The number of hydrogen-bond donors (Lipinski definition) is 1. The van der Waals surface area contributed by atoms with Crippen molar-refractivity contribution in [1.82, 2.24) is 5.32 Å². The topological polar surface area (TPSA) is 64.6 Å². The first-order valence-corrected chi connectivity index (χ1v) is 7.29. The van der Waals surface area contributed by atoms with Crippen LogP contribution in [-0.2, 0) is 25.6 Å². The van der Waals surface area contributed by atoms with Gasteiger partial charge in [0.2, 0.25) is 0 Å². The van der Waals surface area contributed by atoms with Crippen LogP contribution in [0.1, 0.15) is 25.3 Å². The molecule has 0 aliphatic carbocycles. The summed E-state index contributed by atoms with van der Waals surface area (Å²) in [5, 5.41) is 3.28. The first kappa shape index (κ1) is 15.8. The number of benzene rings is 1. The highest BCUT2D eigenvalue weighted by atomic mass is 35.5. The zero-order valence-corrected chi connectivity index (χ0v) is 12.6. The number of hydrogen-bond acceptors (Lipinski definition) is 4. The Morgan fingerprint density at radius 2 is 2.24 bits per heavy atom. The molecule has 0 aromatic heterocycles. The Hall–Kier alpha value is -1.59. The first-order valence-electron chi connectivity index (χ1n) is 6.91. The largest absolute Gasteiger partial charge is 0.451 e. The molecular weight excluding hydrogens is 294 g/mol. The van der Waals surface area contributed by atoms with Crippen molar-refractivity contribution in [2.45, 2.75) is 38.5 Å². The Balaban J connectivity index is 1.79. The molecule has 21 heavy (non-hydrogen) atoms. The maximum atomic E-state index is 11.9. The highest BCUT2D eigenvalue weighted by molar-refractivity contribution is 6.31. The van der Waals surface area contributed by atoms with E-state index in [0.717, 1.165) is 12.0 Å². The molecule has 1 aromatic rings. The quantitative estimate of drug-likeness (QED) is 0.846. The summed E-state index contributed by atoms with van der Waals surface area (Å²) >= 11 is 6.00. The van der Waals surface area contributed by atoms with Gasteiger partial charge in [-0.2, -0.15) is 0 Å². The smallest absolute Gasteiger partial charge is 0.336 e. The third-order valence-electron chi connectivity index (χ3n) is 3.27. The molecule has 0 spiro atoms. The number of esters is 1. The van der Waals surface area contributed by atoms with E-state index in [9.17, 15) is 9.59 Å². The number of halogens is 1. The minimum absolute atomic E-state index is 0.292. The molecular formula is C15H18ClNO4. The summed E-state index contributed by atoms with van der Waals surface area (Å²) in [4.78, 5) is 23.6. The minimum Gasteiger partial charge on any atom is -0.451 e. The van der Waals surface area contributed by atoms with Gasteiger partial charge >= 0.3 is 5.97 Å². The van der Waals surface area contributed by atoms with Gasteiger partial charge in [0.25, 0.3) is 5.91 Å². The van der Waals surface area contributed by atoms with Crippen molar-refractivity contribution in [3.8, 4) is 0 Å². The Labute approximate surface area is 128 Å². The average Bonchev–Trinajstić information content (AvgIpc) is 3.00. The Morgan fingerprint density at radius 1 is 1.48 bits per heavy atom. The number of carbonyl (C=O) groups excluding carboxylic acids is 2. The highest BCUT2D eigenvalue weighted by Crippen LogP contribution is 2.15. The average molecular weight is 312 g/mol. The highest BCUT2D eigenvalue weighted by Gasteiger charge is 2.28. The zero-order valence-electron chi connectivity index (χ0n) is 11.8. The summed E-state index contributed by atoms with van der Waals surface area (Å²) in [6.07, 6.45) is 0.0904. The van der Waals surface area contributed by atoms with Gasteiger partial charge in [-0.15, -0.1) is 0 Å². The van der Waals surface area contributed by atoms with Crippen LogP contribution in [0.4, 0.5) is 0 Å². The van der Waals surface area contributed by atoms with E-state index in [1.165, 1.54) is 6.92 Å². The maximum Gasteiger partial charge on any atom is 0.336 e. The predicted octanol–water partition coefficient (Wildman–Crippen LogP) is 2.07. The lowest BCUT2D eigenvalue weighted by atomic mass is 10.2. The molecule has 5 nitrogen and oxygen atoms in total. The maximum absolute atomic E-state index is 11.9. The fourth-order valence-electron chi connectivity index (χ4n) is 2.04. The van der Waals surface area contributed by atoms with E-state index in [0.29, 0.717) is 24.6 Å². The van der Waals surface area contributed by atoms with Crippen LogP contribution in [0.2, 0.25) is 5.02 Å². The number of nitrogens with one attached hydrogen (secondary N) is 1. The van der Waals surface area contributed by atoms with Crippen molar-refractivity contribution in [2.24, 2.45) is 0 Å². The molecule has 0 radical (unpaired) electrons. The number of carbonyl (C=O) groups is 2. The first-order chi connectivity index (χ1) is 10.1. The van der Waals surface area contributed by atoms with Gasteiger partial charge in [0, 0.05) is 18.2 Å². The van der Waals surface area contributed by atoms with Gasteiger partial charge in [0.05, 0.1) is 0 Å². The number of amides is 1. The third kappa shape index (κ3) is 4.44. The molecule has 2 rings (SSSR count). The van der Waals surface area contributed by atoms with Crippen molar-refractivity contribution >= 4 is 23.5 Å². The fourth-order valence-corrected chi connectivity index (χ4v) is 2.24. The van der Waals surface area contributed by atoms with Crippen molar-refractivity contribution in [2.75, 3.05) is 6.61 Å². The van der Waals surface area contributed by atoms with E-state index < -0.39 is 18.2 Å². The second-order valence-electron chi connectivity index (χ2n) is 4.89. The van der Waals surface area contributed by atoms with Gasteiger partial charge in [-0.3, -0.25) is 4.79 Å². The van der Waals surface area contributed by atoms with Gasteiger partial charge < -0.3 is 14.8 Å². The molecule has 0 bridgehead atoms. The van der Waals surface area contributed by atoms with E-state index >= 15 is 0 Å². The van der Waals surface area contributed by atoms with Gasteiger partial charge in [0.15, 0.2) is 12.2 Å². The van der Waals surface area contributed by atoms with Crippen LogP contribution >= 0.6 is 11.6 Å². The molecule has 1 fully saturated rings. The molecule has 114 valence electrons. The van der Waals surface area contributed by atoms with Crippen LogP contribution < -0.4 is 5.32 Å². The van der Waals surface area contributed by atoms with Crippen molar-refractivity contribution in [1.29, 1.82) is 0 Å². The molecule has 1 heterocycles. The minimum atomic E-state index is -0.857. The van der Waals surface area contributed by atoms with E-state index in [1.807, 2.05) is 18.2 Å². The Morgan fingerprint density at radius 3 is 2.90 bits per heavy atom. The molecule has 2 atom stereocenters. The van der Waals surface area contributed by atoms with Crippen LogP contribution in [0.5, 0.6) is 0 Å². The van der Waals surface area contributed by atoms with Crippen LogP contribution in [0.15, 0.2) is 24.3 Å². The second-order valence-corrected chi connectivity index (χ2v) is 5.30. The molecule has 0 saturated carbocycles. The van der Waals surface area contributed by atoms with Crippen molar-refractivity contribution in [3.63, 3.8) is 0 Å². The van der Waals surface area contributed by atoms with Gasteiger partial charge in [-0.25, -0.2) is 4.79 Å². The molecule has 1 aliphatic heterocycles. The zero-order chi connectivity index (χ0) is 15.2. The lowest BCUT2D eigenvalue weighted by Gasteiger charge is -2.16. The normalized spacial score (nSPS) is 19.0. The van der Waals surface area contributed by atoms with Crippen molar-refractivity contribution in [3.05, 3.63) is 34.9 Å². The van der Waals surface area contributed by atoms with Crippen LogP contribution in [0.3, 0.4) is 0 Å². The summed E-state index contributed by atoms with van der Waals surface area (Å²) in [5.74, 6) is -0.839. The summed E-state index contributed by atoms with van der Waals surface area (Å²) < 4.78 is 10.3. The molecule has 1 aliphatic rings. The standard InChI is InChI=1S/C15H18ClNO4/c1-10(21-15(19)13-7-4-8-20-13)14(18)17-9-11-5-2-3-6-12(11)16/h2-3,5-6,10,13H,4,7-9H2,1H3,(H,17,18)/t10-,13+/m1/s1. The molecule has 1 N–H and O–H groups in total. The van der Waals surface area contributed by atoms with E-state index in [-0.39, 0.29) is 5.91 Å². The predicted molar refractivity (Wildman–Crippen MR) is 77.8 cm³/mol. The van der Waals surface area contributed by atoms with Gasteiger partial charge in [0.1, 0.15) is 0 Å². The summed E-state index contributed by atoms with van der Waals surface area (Å²) in [5.41, 5.74) is 0.810. The van der Waals surface area contributed by atoms with Gasteiger partial charge in [-0.05, 0) is 31.4 Å². The number of ether oxygens (including phenoxy) is 2. The summed E-state index contributed by atoms with van der Waals surface area (Å²) in [6.45, 7) is 2.39. The second kappa shape index (κ2) is 7.43. The van der Waals surface area contributed by atoms with Gasteiger partial charge in [-0.1, -0.05) is 29.8 Å². The van der Waals surface area contributed by atoms with Crippen LogP contribution in [-0.4, -0.2) is 30.7 Å². The molecule has 1 amide bonds. The number of rotatable bonds is 5. The molecule has 1 aromatic carbocycles. The molecule has 6 heteroatoms. The summed E-state index contributed by atoms with van der Waals surface area (Å²) in [6, 6.07) is 7.24. The summed E-state index contributed by atoms with van der Waals surface area (Å²) in [7, 11) is 0. The Bertz CT molecular complexity index is 514. The SMILES string of the molecule is C[C@@H](OC(=O)[C@@H]1CCCO1)C(=O)NCc1ccccc1Cl. The molecule has 0 unspecified atom stereocenters. The van der Waals surface area contributed by atoms with E-state index in [2.05, 4.69) is 5.32 Å².